The lowest BCUT2D eigenvalue weighted by Crippen LogP contribution is -2.51. The molecule has 7 heteroatoms. The molecule has 0 heterocycles. The van der Waals surface area contributed by atoms with Crippen LogP contribution in [0.1, 0.15) is 29.3 Å². The normalized spacial score (nSPS) is 11.5. The van der Waals surface area contributed by atoms with E-state index in [9.17, 15) is 19.5 Å². The van der Waals surface area contributed by atoms with Crippen LogP contribution in [-0.2, 0) is 10.5 Å². The van der Waals surface area contributed by atoms with Crippen LogP contribution in [0.3, 0.4) is 0 Å². The van der Waals surface area contributed by atoms with Crippen molar-refractivity contribution in [2.75, 3.05) is 12.3 Å². The molecule has 0 aliphatic heterocycles. The number of carboxylic acids is 1. The summed E-state index contributed by atoms with van der Waals surface area (Å²) in [6.07, 6.45) is 0.576. The summed E-state index contributed by atoms with van der Waals surface area (Å²) < 4.78 is 0. The van der Waals surface area contributed by atoms with Crippen molar-refractivity contribution in [3.63, 3.8) is 0 Å². The van der Waals surface area contributed by atoms with Crippen molar-refractivity contribution in [2.45, 2.75) is 25.1 Å². The van der Waals surface area contributed by atoms with Gasteiger partial charge in [0.25, 0.3) is 5.91 Å². The van der Waals surface area contributed by atoms with Gasteiger partial charge < -0.3 is 10.4 Å². The largest absolute Gasteiger partial charge is 0.480 e. The van der Waals surface area contributed by atoms with Crippen LogP contribution in [-0.4, -0.2) is 46.3 Å². The third-order valence-corrected chi connectivity index (χ3v) is 5.06. The predicted molar refractivity (Wildman–Crippen MR) is 110 cm³/mol. The standard InChI is InChI=1S/C21H24N2O4S/c1-2-13-23(19(24)17-11-7-4-8-12-17)21(27)22-18(20(25)26)15-28-14-16-9-5-3-6-10-16/h3-12,18H,2,13-15H2,1H3,(H,22,27)(H,25,26)/t18-/m0/s1. The first-order valence-corrected chi connectivity index (χ1v) is 10.2. The maximum absolute atomic E-state index is 12.6. The fraction of sp³-hybridized carbons (Fsp3) is 0.286. The quantitative estimate of drug-likeness (QED) is 0.671. The van der Waals surface area contributed by atoms with Crippen LogP contribution in [0, 0.1) is 0 Å². The molecule has 1 atom stereocenters. The number of carbonyl (C=O) groups excluding carboxylic acids is 2. The SMILES string of the molecule is CCCN(C(=O)N[C@@H](CSCc1ccccc1)C(=O)O)C(=O)c1ccccc1. The molecule has 0 spiro atoms. The summed E-state index contributed by atoms with van der Waals surface area (Å²) in [6, 6.07) is 16.4. The van der Waals surface area contributed by atoms with Crippen molar-refractivity contribution in [3.05, 3.63) is 71.8 Å². The predicted octanol–water partition coefficient (Wildman–Crippen LogP) is 3.64. The van der Waals surface area contributed by atoms with Crippen molar-refractivity contribution in [3.8, 4) is 0 Å². The Bertz CT molecular complexity index is 784. The van der Waals surface area contributed by atoms with Gasteiger partial charge in [0, 0.05) is 23.6 Å². The van der Waals surface area contributed by atoms with Gasteiger partial charge in [-0.3, -0.25) is 9.69 Å². The number of amides is 3. The number of aliphatic carboxylic acids is 1. The number of nitrogens with one attached hydrogen (secondary N) is 1. The van der Waals surface area contributed by atoms with E-state index in [0.717, 1.165) is 10.5 Å². The van der Waals surface area contributed by atoms with Gasteiger partial charge in [0.05, 0.1) is 0 Å². The smallest absolute Gasteiger partial charge is 0.327 e. The van der Waals surface area contributed by atoms with E-state index in [-0.39, 0.29) is 12.3 Å². The van der Waals surface area contributed by atoms with Crippen LogP contribution in [0.4, 0.5) is 4.79 Å². The van der Waals surface area contributed by atoms with E-state index < -0.39 is 23.9 Å². The molecule has 2 N–H and O–H groups in total. The van der Waals surface area contributed by atoms with Crippen molar-refractivity contribution >= 4 is 29.7 Å². The monoisotopic (exact) mass is 400 g/mol. The Balaban J connectivity index is 1.99. The minimum absolute atomic E-state index is 0.204. The average molecular weight is 401 g/mol. The Morgan fingerprint density at radius 3 is 2.21 bits per heavy atom. The number of thioether (sulfide) groups is 1. The Morgan fingerprint density at radius 1 is 1.04 bits per heavy atom. The first-order chi connectivity index (χ1) is 13.5. The molecule has 0 saturated heterocycles. The highest BCUT2D eigenvalue weighted by atomic mass is 32.2. The van der Waals surface area contributed by atoms with E-state index in [2.05, 4.69) is 5.32 Å². The summed E-state index contributed by atoms with van der Waals surface area (Å²) in [6.45, 7) is 2.06. The summed E-state index contributed by atoms with van der Waals surface area (Å²) in [5.41, 5.74) is 1.46. The minimum atomic E-state index is -1.13. The topological polar surface area (TPSA) is 86.7 Å². The molecule has 28 heavy (non-hydrogen) atoms. The zero-order chi connectivity index (χ0) is 20.4. The highest BCUT2D eigenvalue weighted by Crippen LogP contribution is 2.13. The molecule has 0 bridgehead atoms. The molecular formula is C21H24N2O4S. The van der Waals surface area contributed by atoms with Crippen LogP contribution >= 0.6 is 11.8 Å². The molecule has 0 fully saturated rings. The van der Waals surface area contributed by atoms with Crippen LogP contribution in [0.25, 0.3) is 0 Å². The number of carboxylic acid groups (broad SMARTS) is 1. The summed E-state index contributed by atoms with van der Waals surface area (Å²) in [7, 11) is 0. The molecule has 0 unspecified atom stereocenters. The number of urea groups is 1. The second kappa shape index (κ2) is 11.1. The number of nitrogens with zero attached hydrogens (tertiary/aromatic N) is 1. The van der Waals surface area contributed by atoms with Crippen LogP contribution in [0.15, 0.2) is 60.7 Å². The molecule has 0 aromatic heterocycles. The highest BCUT2D eigenvalue weighted by Gasteiger charge is 2.27. The van der Waals surface area contributed by atoms with Gasteiger partial charge >= 0.3 is 12.0 Å². The Hall–Kier alpha value is -2.80. The molecule has 0 aliphatic carbocycles. The molecule has 3 amide bonds. The van der Waals surface area contributed by atoms with Gasteiger partial charge in [-0.05, 0) is 24.1 Å². The van der Waals surface area contributed by atoms with Crippen molar-refractivity contribution < 1.29 is 19.5 Å². The first-order valence-electron chi connectivity index (χ1n) is 9.04. The van der Waals surface area contributed by atoms with E-state index in [1.165, 1.54) is 11.8 Å². The van der Waals surface area contributed by atoms with Gasteiger partial charge in [0.15, 0.2) is 0 Å². The Labute approximate surface area is 168 Å². The van der Waals surface area contributed by atoms with Crippen LogP contribution < -0.4 is 5.32 Å². The van der Waals surface area contributed by atoms with Gasteiger partial charge in [0.2, 0.25) is 0 Å². The third-order valence-electron chi connectivity index (χ3n) is 3.95. The van der Waals surface area contributed by atoms with Crippen LogP contribution in [0.2, 0.25) is 0 Å². The van der Waals surface area contributed by atoms with E-state index in [4.69, 9.17) is 0 Å². The zero-order valence-corrected chi connectivity index (χ0v) is 16.5. The van der Waals surface area contributed by atoms with Gasteiger partial charge in [-0.2, -0.15) is 11.8 Å². The number of carbonyl (C=O) groups is 3. The van der Waals surface area contributed by atoms with E-state index in [1.54, 1.807) is 30.3 Å². The molecular weight excluding hydrogens is 376 g/mol. The molecule has 2 rings (SSSR count). The van der Waals surface area contributed by atoms with Gasteiger partial charge in [-0.25, -0.2) is 9.59 Å². The molecule has 6 nitrogen and oxygen atoms in total. The molecule has 2 aromatic rings. The number of hydrogen-bond acceptors (Lipinski definition) is 4. The fourth-order valence-corrected chi connectivity index (χ4v) is 3.53. The van der Waals surface area contributed by atoms with Gasteiger partial charge in [-0.15, -0.1) is 0 Å². The fourth-order valence-electron chi connectivity index (χ4n) is 2.53. The third kappa shape index (κ3) is 6.42. The van der Waals surface area contributed by atoms with Crippen molar-refractivity contribution in [1.29, 1.82) is 0 Å². The molecule has 0 aliphatic rings. The lowest BCUT2D eigenvalue weighted by atomic mass is 10.2. The molecule has 2 aromatic carbocycles. The number of hydrogen-bond donors (Lipinski definition) is 2. The molecule has 0 radical (unpaired) electrons. The Morgan fingerprint density at radius 2 is 1.64 bits per heavy atom. The van der Waals surface area contributed by atoms with E-state index in [1.807, 2.05) is 37.3 Å². The summed E-state index contributed by atoms with van der Waals surface area (Å²) >= 11 is 1.42. The summed E-state index contributed by atoms with van der Waals surface area (Å²) in [5.74, 6) is -0.726. The number of benzene rings is 2. The first kappa shape index (κ1) is 21.5. The maximum atomic E-state index is 12.6. The highest BCUT2D eigenvalue weighted by molar-refractivity contribution is 7.98. The Kier molecular flexibility index (Phi) is 8.55. The van der Waals surface area contributed by atoms with Crippen LogP contribution in [0.5, 0.6) is 0 Å². The molecule has 148 valence electrons. The average Bonchev–Trinajstić information content (AvgIpc) is 2.72. The second-order valence-corrected chi connectivity index (χ2v) is 7.19. The van der Waals surface area contributed by atoms with Crippen molar-refractivity contribution in [1.82, 2.24) is 10.2 Å². The van der Waals surface area contributed by atoms with Crippen molar-refractivity contribution in [2.24, 2.45) is 0 Å². The van der Waals surface area contributed by atoms with E-state index in [0.29, 0.717) is 17.7 Å². The zero-order valence-electron chi connectivity index (χ0n) is 15.7. The summed E-state index contributed by atoms with van der Waals surface area (Å²) in [4.78, 5) is 37.9. The lowest BCUT2D eigenvalue weighted by molar-refractivity contribution is -0.138. The lowest BCUT2D eigenvalue weighted by Gasteiger charge is -2.23. The van der Waals surface area contributed by atoms with E-state index >= 15 is 0 Å². The second-order valence-electron chi connectivity index (χ2n) is 6.16. The minimum Gasteiger partial charge on any atom is -0.480 e. The summed E-state index contributed by atoms with van der Waals surface area (Å²) in [5, 5.41) is 11.9. The van der Waals surface area contributed by atoms with Gasteiger partial charge in [0.1, 0.15) is 6.04 Å². The number of imide groups is 1. The number of rotatable bonds is 9. The maximum Gasteiger partial charge on any atom is 0.327 e. The molecule has 0 saturated carbocycles. The van der Waals surface area contributed by atoms with Gasteiger partial charge in [-0.1, -0.05) is 55.5 Å².